The highest BCUT2D eigenvalue weighted by atomic mass is 16.3. The van der Waals surface area contributed by atoms with E-state index in [0.717, 1.165) is 50.1 Å². The molecular formula is C45H33NO. The number of hydrogen-bond acceptors (Lipinski definition) is 2. The van der Waals surface area contributed by atoms with Crippen LogP contribution in [0.5, 0.6) is 0 Å². The summed E-state index contributed by atoms with van der Waals surface area (Å²) >= 11 is 0. The highest BCUT2D eigenvalue weighted by Gasteiger charge is 2.35. The molecule has 47 heavy (non-hydrogen) atoms. The van der Waals surface area contributed by atoms with Gasteiger partial charge in [-0.1, -0.05) is 135 Å². The average molecular weight is 604 g/mol. The minimum atomic E-state index is -0.0571. The molecule has 1 heterocycles. The van der Waals surface area contributed by atoms with Crippen molar-refractivity contribution in [1.82, 2.24) is 0 Å². The molecule has 0 saturated carbocycles. The van der Waals surface area contributed by atoms with Crippen LogP contribution < -0.4 is 4.90 Å². The predicted octanol–water partition coefficient (Wildman–Crippen LogP) is 12.7. The minimum Gasteiger partial charge on any atom is -0.456 e. The van der Waals surface area contributed by atoms with E-state index in [1.807, 2.05) is 6.07 Å². The van der Waals surface area contributed by atoms with E-state index < -0.39 is 0 Å². The number of furan rings is 1. The lowest BCUT2D eigenvalue weighted by Gasteiger charge is -2.29. The maximum absolute atomic E-state index is 6.34. The van der Waals surface area contributed by atoms with Crippen LogP contribution in [0.3, 0.4) is 0 Å². The van der Waals surface area contributed by atoms with Crippen LogP contribution in [0.15, 0.2) is 168 Å². The zero-order chi connectivity index (χ0) is 31.5. The molecule has 0 atom stereocenters. The van der Waals surface area contributed by atoms with E-state index in [-0.39, 0.29) is 5.41 Å². The molecule has 0 aliphatic heterocycles. The van der Waals surface area contributed by atoms with Crippen molar-refractivity contribution < 1.29 is 4.42 Å². The summed E-state index contributed by atoms with van der Waals surface area (Å²) in [6.45, 7) is 4.67. The number of fused-ring (bicyclic) bond motifs is 6. The summed E-state index contributed by atoms with van der Waals surface area (Å²) < 4.78 is 6.34. The zero-order valence-electron chi connectivity index (χ0n) is 26.4. The molecule has 2 heteroatoms. The Labute approximate surface area is 275 Å². The quantitative estimate of drug-likeness (QED) is 0.195. The van der Waals surface area contributed by atoms with Crippen LogP contribution in [-0.2, 0) is 5.41 Å². The van der Waals surface area contributed by atoms with Crippen LogP contribution in [0.1, 0.15) is 25.0 Å². The fourth-order valence-corrected chi connectivity index (χ4v) is 7.63. The Morgan fingerprint density at radius 2 is 1.09 bits per heavy atom. The monoisotopic (exact) mass is 603 g/mol. The molecule has 0 radical (unpaired) electrons. The van der Waals surface area contributed by atoms with Crippen LogP contribution in [0.2, 0.25) is 0 Å². The van der Waals surface area contributed by atoms with E-state index in [9.17, 15) is 0 Å². The molecule has 0 bridgehead atoms. The van der Waals surface area contributed by atoms with Gasteiger partial charge in [0.15, 0.2) is 0 Å². The largest absolute Gasteiger partial charge is 0.456 e. The summed E-state index contributed by atoms with van der Waals surface area (Å²) in [5, 5.41) is 2.26. The second-order valence-electron chi connectivity index (χ2n) is 12.9. The third kappa shape index (κ3) is 4.33. The summed E-state index contributed by atoms with van der Waals surface area (Å²) in [6, 6.07) is 58.9. The highest BCUT2D eigenvalue weighted by Crippen LogP contribution is 2.51. The lowest BCUT2D eigenvalue weighted by atomic mass is 9.82. The molecule has 1 aliphatic carbocycles. The molecule has 8 aromatic rings. The van der Waals surface area contributed by atoms with E-state index >= 15 is 0 Å². The first-order chi connectivity index (χ1) is 23.1. The summed E-state index contributed by atoms with van der Waals surface area (Å²) in [4.78, 5) is 2.43. The zero-order valence-corrected chi connectivity index (χ0v) is 26.4. The summed E-state index contributed by atoms with van der Waals surface area (Å²) in [5.74, 6) is 0. The van der Waals surface area contributed by atoms with Crippen molar-refractivity contribution in [2.45, 2.75) is 19.3 Å². The van der Waals surface area contributed by atoms with Crippen LogP contribution in [0.25, 0.3) is 55.3 Å². The average Bonchev–Trinajstić information content (AvgIpc) is 3.61. The van der Waals surface area contributed by atoms with Gasteiger partial charge < -0.3 is 9.32 Å². The molecule has 224 valence electrons. The molecule has 1 aliphatic rings. The number of para-hydroxylation sites is 2. The maximum atomic E-state index is 6.34. The van der Waals surface area contributed by atoms with E-state index in [1.165, 1.54) is 33.4 Å². The van der Waals surface area contributed by atoms with Gasteiger partial charge in [-0.25, -0.2) is 0 Å². The highest BCUT2D eigenvalue weighted by molar-refractivity contribution is 6.14. The Kier molecular flexibility index (Phi) is 6.20. The third-order valence-corrected chi connectivity index (χ3v) is 9.87. The molecule has 9 rings (SSSR count). The molecular weight excluding hydrogens is 571 g/mol. The van der Waals surface area contributed by atoms with Gasteiger partial charge in [-0.2, -0.15) is 0 Å². The molecule has 2 nitrogen and oxygen atoms in total. The van der Waals surface area contributed by atoms with Crippen molar-refractivity contribution in [2.75, 3.05) is 4.90 Å². The van der Waals surface area contributed by atoms with Gasteiger partial charge in [0, 0.05) is 33.1 Å². The SMILES string of the molecule is CC1(C)c2ccccc2-c2cc(N(c3cccc(-c4ccccc4)c3)c3ccccc3-c3cccc4oc5ccccc5c34)ccc21. The Bertz CT molecular complexity index is 2450. The molecule has 0 spiro atoms. The van der Waals surface area contributed by atoms with Gasteiger partial charge in [-0.15, -0.1) is 0 Å². The molecule has 7 aromatic carbocycles. The van der Waals surface area contributed by atoms with Crippen LogP contribution >= 0.6 is 0 Å². The minimum absolute atomic E-state index is 0.0571. The normalized spacial score (nSPS) is 13.1. The molecule has 0 fully saturated rings. The van der Waals surface area contributed by atoms with Crippen molar-refractivity contribution in [3.8, 4) is 33.4 Å². The smallest absolute Gasteiger partial charge is 0.136 e. The third-order valence-electron chi connectivity index (χ3n) is 9.87. The second kappa shape index (κ2) is 10.6. The van der Waals surface area contributed by atoms with E-state index in [2.05, 4.69) is 176 Å². The second-order valence-corrected chi connectivity index (χ2v) is 12.9. The van der Waals surface area contributed by atoms with Gasteiger partial charge in [0.2, 0.25) is 0 Å². The fraction of sp³-hybridized carbons (Fsp3) is 0.0667. The summed E-state index contributed by atoms with van der Waals surface area (Å²) in [5.41, 5.74) is 15.1. The van der Waals surface area contributed by atoms with Gasteiger partial charge >= 0.3 is 0 Å². The number of rotatable bonds is 5. The number of hydrogen-bond donors (Lipinski definition) is 0. The molecule has 0 N–H and O–H groups in total. The predicted molar refractivity (Wildman–Crippen MR) is 197 cm³/mol. The van der Waals surface area contributed by atoms with Crippen molar-refractivity contribution in [3.63, 3.8) is 0 Å². The van der Waals surface area contributed by atoms with Gasteiger partial charge in [-0.05, 0) is 81.4 Å². The molecule has 0 unspecified atom stereocenters. The van der Waals surface area contributed by atoms with Gasteiger partial charge in [0.05, 0.1) is 5.69 Å². The van der Waals surface area contributed by atoms with E-state index in [0.29, 0.717) is 0 Å². The Morgan fingerprint density at radius 3 is 1.98 bits per heavy atom. The van der Waals surface area contributed by atoms with Crippen molar-refractivity contribution in [2.24, 2.45) is 0 Å². The molecule has 1 aromatic heterocycles. The Balaban J connectivity index is 1.31. The van der Waals surface area contributed by atoms with Crippen LogP contribution in [0, 0.1) is 0 Å². The molecule has 0 saturated heterocycles. The topological polar surface area (TPSA) is 16.4 Å². The number of anilines is 3. The van der Waals surface area contributed by atoms with Crippen molar-refractivity contribution >= 4 is 39.0 Å². The summed E-state index contributed by atoms with van der Waals surface area (Å²) in [6.07, 6.45) is 0. The number of benzene rings is 7. The first kappa shape index (κ1) is 27.5. The van der Waals surface area contributed by atoms with Gasteiger partial charge in [-0.3, -0.25) is 0 Å². The van der Waals surface area contributed by atoms with E-state index in [4.69, 9.17) is 4.42 Å². The fourth-order valence-electron chi connectivity index (χ4n) is 7.63. The van der Waals surface area contributed by atoms with Crippen molar-refractivity contribution in [1.29, 1.82) is 0 Å². The van der Waals surface area contributed by atoms with Crippen LogP contribution in [0.4, 0.5) is 17.1 Å². The summed E-state index contributed by atoms with van der Waals surface area (Å²) in [7, 11) is 0. The van der Waals surface area contributed by atoms with Gasteiger partial charge in [0.25, 0.3) is 0 Å². The first-order valence-corrected chi connectivity index (χ1v) is 16.3. The van der Waals surface area contributed by atoms with Crippen LogP contribution in [-0.4, -0.2) is 0 Å². The Morgan fingerprint density at radius 1 is 0.447 bits per heavy atom. The lowest BCUT2D eigenvalue weighted by molar-refractivity contribution is 0.660. The molecule has 0 amide bonds. The standard InChI is InChI=1S/C45H33NO/c1-45(2)39-22-9-6-18-34(39)38-29-33(26-27-40(38)45)46(32-17-12-16-31(28-32)30-14-4-3-5-15-30)41-23-10-7-19-35(41)36-21-13-25-43-44(36)37-20-8-11-24-42(37)47-43/h3-29H,1-2H3. The number of nitrogens with zero attached hydrogens (tertiary/aromatic N) is 1. The lowest BCUT2D eigenvalue weighted by Crippen LogP contribution is -2.15. The maximum Gasteiger partial charge on any atom is 0.136 e. The van der Waals surface area contributed by atoms with Gasteiger partial charge in [0.1, 0.15) is 11.2 Å². The van der Waals surface area contributed by atoms with E-state index in [1.54, 1.807) is 0 Å². The van der Waals surface area contributed by atoms with Crippen molar-refractivity contribution in [3.05, 3.63) is 175 Å². The first-order valence-electron chi connectivity index (χ1n) is 16.3. The Hall–Kier alpha value is -5.86.